The lowest BCUT2D eigenvalue weighted by molar-refractivity contribution is -0.163. The van der Waals surface area contributed by atoms with E-state index in [1.165, 1.54) is 6.92 Å². The van der Waals surface area contributed by atoms with Gasteiger partial charge in [-0.25, -0.2) is 0 Å². The Balaban J connectivity index is 3.16. The van der Waals surface area contributed by atoms with Crippen LogP contribution in [0.3, 0.4) is 0 Å². The lowest BCUT2D eigenvalue weighted by Crippen LogP contribution is -2.45. The van der Waals surface area contributed by atoms with Crippen LogP contribution in [0.2, 0.25) is 18.1 Å². The maximum Gasteiger partial charge on any atom is 0.302 e. The van der Waals surface area contributed by atoms with Crippen molar-refractivity contribution < 1.29 is 28.5 Å². The number of aliphatic hydroxyl groups excluding tert-OH is 1. The van der Waals surface area contributed by atoms with Gasteiger partial charge in [0.05, 0.1) is 24.9 Å². The topological polar surface area (TPSA) is 74.2 Å². The summed E-state index contributed by atoms with van der Waals surface area (Å²) in [4.78, 5) is 11.4. The summed E-state index contributed by atoms with van der Waals surface area (Å²) in [6, 6.07) is 0. The number of hydrogen-bond acceptors (Lipinski definition) is 6. The second kappa shape index (κ2) is 14.7. The minimum absolute atomic E-state index is 0.00200. The van der Waals surface area contributed by atoms with Crippen LogP contribution < -0.4 is 0 Å². The molecule has 0 heterocycles. The highest BCUT2D eigenvalue weighted by Gasteiger charge is 2.48. The van der Waals surface area contributed by atoms with Crippen molar-refractivity contribution >= 4 is 14.3 Å². The molecule has 1 unspecified atom stereocenters. The molecule has 34 heavy (non-hydrogen) atoms. The fraction of sp³-hybridized carbons (Fsp3) is 0.889. The van der Waals surface area contributed by atoms with Crippen molar-refractivity contribution in [3.63, 3.8) is 0 Å². The average Bonchev–Trinajstić information content (AvgIpc) is 3.00. The highest BCUT2D eigenvalue weighted by molar-refractivity contribution is 6.74. The molecule has 0 radical (unpaired) electrons. The number of aliphatic hydroxyl groups is 1. The van der Waals surface area contributed by atoms with Crippen molar-refractivity contribution in [2.75, 3.05) is 13.2 Å². The third-order valence-corrected chi connectivity index (χ3v) is 11.8. The number of rotatable bonds is 15. The Bertz CT molecular complexity index is 615. The van der Waals surface area contributed by atoms with E-state index in [0.717, 1.165) is 32.1 Å². The number of carbonyl (C=O) groups excluding carboxylic acids is 1. The standard InChI is InChI=1S/C27H52O6Si/c1-10-12-13-14-22(29)15-16-23-24(17-18-31-20(3)28)26(33-34(8,9)27(5,6)7)19-25(23)32-21(4)30-11-2/h15-16,21-26,29H,10-14,17-19H2,1-9H3/b16-15+/t21?,22-,23+,24-,25+,26-/m0/s1. The minimum Gasteiger partial charge on any atom is -0.466 e. The highest BCUT2D eigenvalue weighted by atomic mass is 28.4. The monoisotopic (exact) mass is 500 g/mol. The summed E-state index contributed by atoms with van der Waals surface area (Å²) in [6.07, 6.45) is 8.67. The zero-order valence-corrected chi connectivity index (χ0v) is 24.3. The smallest absolute Gasteiger partial charge is 0.302 e. The number of esters is 1. The van der Waals surface area contributed by atoms with Crippen molar-refractivity contribution in [2.24, 2.45) is 11.8 Å². The molecule has 1 rings (SSSR count). The van der Waals surface area contributed by atoms with E-state index < -0.39 is 14.4 Å². The summed E-state index contributed by atoms with van der Waals surface area (Å²) in [5.74, 6) is -0.0866. The molecule has 0 aromatic rings. The Kier molecular flexibility index (Phi) is 13.6. The first-order chi connectivity index (χ1) is 15.8. The van der Waals surface area contributed by atoms with E-state index in [0.29, 0.717) is 19.6 Å². The number of ether oxygens (including phenoxy) is 3. The molecule has 1 aliphatic carbocycles. The molecule has 1 fully saturated rings. The molecular formula is C27H52O6Si. The molecule has 0 aromatic heterocycles. The zero-order chi connectivity index (χ0) is 25.9. The molecule has 6 atom stereocenters. The van der Waals surface area contributed by atoms with Crippen molar-refractivity contribution in [3.05, 3.63) is 12.2 Å². The van der Waals surface area contributed by atoms with Crippen molar-refractivity contribution in [2.45, 2.75) is 130 Å². The summed E-state index contributed by atoms with van der Waals surface area (Å²) in [5, 5.41) is 10.6. The summed E-state index contributed by atoms with van der Waals surface area (Å²) in [6.45, 7) is 19.7. The summed E-state index contributed by atoms with van der Waals surface area (Å²) in [5.41, 5.74) is 0. The number of carbonyl (C=O) groups is 1. The fourth-order valence-electron chi connectivity index (χ4n) is 4.38. The Labute approximate surface area is 209 Å². The van der Waals surface area contributed by atoms with Gasteiger partial charge in [0.15, 0.2) is 14.6 Å². The summed E-state index contributed by atoms with van der Waals surface area (Å²) < 4.78 is 24.3. The molecule has 0 bridgehead atoms. The predicted molar refractivity (Wildman–Crippen MR) is 140 cm³/mol. The number of hydrogen-bond donors (Lipinski definition) is 1. The summed E-state index contributed by atoms with van der Waals surface area (Å²) in [7, 11) is -2.02. The van der Waals surface area contributed by atoms with Crippen LogP contribution in [0.1, 0.15) is 87.0 Å². The first-order valence-electron chi connectivity index (χ1n) is 13.3. The van der Waals surface area contributed by atoms with Gasteiger partial charge in [0.2, 0.25) is 0 Å². The average molecular weight is 501 g/mol. The largest absolute Gasteiger partial charge is 0.466 e. The van der Waals surface area contributed by atoms with Crippen LogP contribution in [0, 0.1) is 11.8 Å². The Hall–Kier alpha value is -0.733. The van der Waals surface area contributed by atoms with Crippen LogP contribution in [0.4, 0.5) is 0 Å². The van der Waals surface area contributed by atoms with Gasteiger partial charge in [-0.15, -0.1) is 0 Å². The van der Waals surface area contributed by atoms with Gasteiger partial charge in [-0.3, -0.25) is 4.79 Å². The molecule has 0 saturated heterocycles. The second-order valence-electron chi connectivity index (χ2n) is 11.2. The lowest BCUT2D eigenvalue weighted by Gasteiger charge is -2.40. The molecule has 200 valence electrons. The van der Waals surface area contributed by atoms with E-state index in [4.69, 9.17) is 18.6 Å². The molecule has 1 saturated carbocycles. The first kappa shape index (κ1) is 31.3. The van der Waals surface area contributed by atoms with Gasteiger partial charge < -0.3 is 23.7 Å². The van der Waals surface area contributed by atoms with Crippen molar-refractivity contribution in [3.8, 4) is 0 Å². The van der Waals surface area contributed by atoms with E-state index >= 15 is 0 Å². The van der Waals surface area contributed by atoms with Gasteiger partial charge in [-0.05, 0) is 57.2 Å². The first-order valence-corrected chi connectivity index (χ1v) is 16.2. The van der Waals surface area contributed by atoms with Crippen LogP contribution in [-0.4, -0.2) is 57.2 Å². The van der Waals surface area contributed by atoms with Gasteiger partial charge in [0.25, 0.3) is 0 Å². The SMILES string of the molecule is CCCCC[C@H](O)/C=C/[C@@H]1[C@H](CCOC(C)=O)[C@@H](O[Si](C)(C)C(C)(C)C)C[C@H]1OC(C)OCC. The van der Waals surface area contributed by atoms with E-state index in [9.17, 15) is 9.90 Å². The van der Waals surface area contributed by atoms with Gasteiger partial charge in [0.1, 0.15) is 0 Å². The quantitative estimate of drug-likeness (QED) is 0.0944. The van der Waals surface area contributed by atoms with Crippen LogP contribution in [-0.2, 0) is 23.4 Å². The van der Waals surface area contributed by atoms with Crippen molar-refractivity contribution in [1.82, 2.24) is 0 Å². The lowest BCUT2D eigenvalue weighted by atomic mass is 9.90. The molecule has 7 heteroatoms. The molecular weight excluding hydrogens is 448 g/mol. The van der Waals surface area contributed by atoms with Crippen molar-refractivity contribution in [1.29, 1.82) is 0 Å². The number of unbranched alkanes of at least 4 members (excludes halogenated alkanes) is 2. The molecule has 6 nitrogen and oxygen atoms in total. The van der Waals surface area contributed by atoms with E-state index in [-0.39, 0.29) is 41.3 Å². The van der Waals surface area contributed by atoms with E-state index in [1.54, 1.807) is 0 Å². The van der Waals surface area contributed by atoms with Crippen LogP contribution in [0.5, 0.6) is 0 Å². The Morgan fingerprint density at radius 2 is 1.85 bits per heavy atom. The normalized spacial score (nSPS) is 25.6. The third-order valence-electron chi connectivity index (χ3n) is 7.30. The maximum atomic E-state index is 11.4. The molecule has 0 spiro atoms. The minimum atomic E-state index is -2.02. The molecule has 1 N–H and O–H groups in total. The Morgan fingerprint density at radius 3 is 2.41 bits per heavy atom. The molecule has 0 amide bonds. The molecule has 1 aliphatic rings. The maximum absolute atomic E-state index is 11.4. The van der Waals surface area contributed by atoms with Gasteiger partial charge in [-0.1, -0.05) is 59.1 Å². The fourth-order valence-corrected chi connectivity index (χ4v) is 5.76. The van der Waals surface area contributed by atoms with Gasteiger partial charge in [-0.2, -0.15) is 0 Å². The predicted octanol–water partition coefficient (Wildman–Crippen LogP) is 6.23. The van der Waals surface area contributed by atoms with E-state index in [1.807, 2.05) is 19.9 Å². The highest BCUT2D eigenvalue weighted by Crippen LogP contribution is 2.45. The zero-order valence-electron chi connectivity index (χ0n) is 23.3. The Morgan fingerprint density at radius 1 is 1.18 bits per heavy atom. The third kappa shape index (κ3) is 10.5. The summed E-state index contributed by atoms with van der Waals surface area (Å²) >= 11 is 0. The van der Waals surface area contributed by atoms with E-state index in [2.05, 4.69) is 46.9 Å². The van der Waals surface area contributed by atoms with Crippen LogP contribution in [0.15, 0.2) is 12.2 Å². The van der Waals surface area contributed by atoms with Crippen LogP contribution in [0.25, 0.3) is 0 Å². The van der Waals surface area contributed by atoms with Gasteiger partial charge >= 0.3 is 5.97 Å². The van der Waals surface area contributed by atoms with Gasteiger partial charge in [0, 0.05) is 19.4 Å². The van der Waals surface area contributed by atoms with Crippen LogP contribution >= 0.6 is 0 Å². The second-order valence-corrected chi connectivity index (χ2v) is 15.9. The molecule has 0 aromatic carbocycles. The molecule has 0 aliphatic heterocycles.